The minimum atomic E-state index is -0.495. The molecule has 8 nitrogen and oxygen atoms in total. The second-order valence-corrected chi connectivity index (χ2v) is 7.23. The highest BCUT2D eigenvalue weighted by Crippen LogP contribution is 2.32. The van der Waals surface area contributed by atoms with Gasteiger partial charge in [0, 0.05) is 12.4 Å². The summed E-state index contributed by atoms with van der Waals surface area (Å²) in [4.78, 5) is 37.4. The molecule has 2 aromatic rings. The molecule has 3 amide bonds. The fraction of sp³-hybridized carbons (Fsp3) is 0.450. The smallest absolute Gasteiger partial charge is 0.288 e. The topological polar surface area (TPSA) is 103 Å². The molecule has 2 N–H and O–H groups in total. The molecule has 150 valence electrons. The van der Waals surface area contributed by atoms with Crippen LogP contribution in [-0.4, -0.2) is 53.7 Å². The summed E-state index contributed by atoms with van der Waals surface area (Å²) in [5, 5.41) is 13.6. The van der Waals surface area contributed by atoms with Crippen LogP contribution in [0, 0.1) is 11.8 Å². The summed E-state index contributed by atoms with van der Waals surface area (Å²) >= 11 is 0. The lowest BCUT2D eigenvalue weighted by Gasteiger charge is -2.29. The summed E-state index contributed by atoms with van der Waals surface area (Å²) in [7, 11) is 1.59. The molecule has 1 aromatic heterocycles. The Labute approximate surface area is 163 Å². The number of hydrogen-bond acceptors (Lipinski definition) is 5. The van der Waals surface area contributed by atoms with E-state index in [4.69, 9.17) is 4.42 Å². The van der Waals surface area contributed by atoms with Crippen LogP contribution in [0.2, 0.25) is 0 Å². The van der Waals surface area contributed by atoms with Crippen LogP contribution in [0.1, 0.15) is 36.2 Å². The second-order valence-electron chi connectivity index (χ2n) is 7.23. The number of furan rings is 1. The Balaban J connectivity index is 1.61. The molecule has 8 heteroatoms. The Bertz CT molecular complexity index is 810. The number of carbonyl (C=O) groups is 3. The van der Waals surface area contributed by atoms with Gasteiger partial charge in [-0.25, -0.2) is 5.06 Å². The van der Waals surface area contributed by atoms with Crippen molar-refractivity contribution in [1.82, 2.24) is 15.3 Å². The number of amides is 3. The third-order valence-corrected chi connectivity index (χ3v) is 5.29. The first kappa shape index (κ1) is 19.9. The van der Waals surface area contributed by atoms with E-state index < -0.39 is 11.8 Å². The van der Waals surface area contributed by atoms with Crippen LogP contribution in [0.5, 0.6) is 0 Å². The molecule has 0 spiro atoms. The van der Waals surface area contributed by atoms with E-state index in [9.17, 15) is 19.6 Å². The predicted molar refractivity (Wildman–Crippen MR) is 101 cm³/mol. The van der Waals surface area contributed by atoms with Crippen LogP contribution < -0.4 is 5.32 Å². The number of para-hydroxylation sites is 1. The predicted octanol–water partition coefficient (Wildman–Crippen LogP) is 2.23. The standard InChI is InChI=1S/C20H25N3O5/c1-22(20(26)16(11-23(27)13-24)14-6-2-3-7-14)12-21-19(25)18-10-15-8-4-5-9-17(15)28-18/h4-5,8-10,13-14,16,27H,2-3,6-7,11-12H2,1H3,(H,21,25)/t16-/m0/s1. The number of rotatable bonds is 8. The largest absolute Gasteiger partial charge is 0.451 e. The lowest BCUT2D eigenvalue weighted by molar-refractivity contribution is -0.158. The molecule has 0 radical (unpaired) electrons. The molecule has 1 aliphatic rings. The first-order valence-electron chi connectivity index (χ1n) is 9.42. The fourth-order valence-electron chi connectivity index (χ4n) is 3.77. The number of hydrogen-bond donors (Lipinski definition) is 2. The molecule has 0 unspecified atom stereocenters. The molecule has 1 fully saturated rings. The zero-order valence-corrected chi connectivity index (χ0v) is 15.8. The van der Waals surface area contributed by atoms with Gasteiger partial charge in [0.2, 0.25) is 12.3 Å². The first-order valence-corrected chi connectivity index (χ1v) is 9.42. The van der Waals surface area contributed by atoms with E-state index in [1.807, 2.05) is 18.2 Å². The molecule has 1 heterocycles. The Morgan fingerprint density at radius 1 is 1.32 bits per heavy atom. The van der Waals surface area contributed by atoms with Gasteiger partial charge in [0.05, 0.1) is 19.1 Å². The van der Waals surface area contributed by atoms with Gasteiger partial charge in [-0.2, -0.15) is 0 Å². The molecule has 1 atom stereocenters. The van der Waals surface area contributed by atoms with E-state index >= 15 is 0 Å². The van der Waals surface area contributed by atoms with Gasteiger partial charge in [0.15, 0.2) is 5.76 Å². The Morgan fingerprint density at radius 2 is 2.04 bits per heavy atom. The van der Waals surface area contributed by atoms with Crippen LogP contribution in [0.25, 0.3) is 11.0 Å². The minimum Gasteiger partial charge on any atom is -0.451 e. The summed E-state index contributed by atoms with van der Waals surface area (Å²) < 4.78 is 5.52. The van der Waals surface area contributed by atoms with E-state index in [0.717, 1.165) is 31.1 Å². The maximum absolute atomic E-state index is 12.9. The van der Waals surface area contributed by atoms with Gasteiger partial charge >= 0.3 is 0 Å². The van der Waals surface area contributed by atoms with E-state index in [2.05, 4.69) is 5.32 Å². The number of nitrogens with zero attached hydrogens (tertiary/aromatic N) is 2. The number of hydroxylamine groups is 2. The third-order valence-electron chi connectivity index (χ3n) is 5.29. The molecule has 1 aromatic carbocycles. The molecular formula is C20H25N3O5. The zero-order valence-electron chi connectivity index (χ0n) is 15.8. The molecule has 0 saturated heterocycles. The third kappa shape index (κ3) is 4.51. The van der Waals surface area contributed by atoms with Gasteiger partial charge in [-0.3, -0.25) is 19.6 Å². The highest BCUT2D eigenvalue weighted by atomic mass is 16.5. The summed E-state index contributed by atoms with van der Waals surface area (Å²) in [6.45, 7) is -0.0424. The average Bonchev–Trinajstić information content (AvgIpc) is 3.38. The molecule has 3 rings (SSSR count). The molecule has 0 bridgehead atoms. The van der Waals surface area contributed by atoms with E-state index in [0.29, 0.717) is 17.1 Å². The maximum Gasteiger partial charge on any atom is 0.288 e. The highest BCUT2D eigenvalue weighted by Gasteiger charge is 2.33. The first-order chi connectivity index (χ1) is 13.5. The minimum absolute atomic E-state index is 0.00441. The van der Waals surface area contributed by atoms with Crippen molar-refractivity contribution in [3.05, 3.63) is 36.1 Å². The van der Waals surface area contributed by atoms with E-state index in [1.54, 1.807) is 19.2 Å². The van der Waals surface area contributed by atoms with Gasteiger partial charge in [0.25, 0.3) is 5.91 Å². The van der Waals surface area contributed by atoms with Crippen LogP contribution in [-0.2, 0) is 9.59 Å². The van der Waals surface area contributed by atoms with Crippen molar-refractivity contribution >= 4 is 29.2 Å². The number of nitrogens with one attached hydrogen (secondary N) is 1. The van der Waals surface area contributed by atoms with Gasteiger partial charge in [-0.15, -0.1) is 0 Å². The molecule has 28 heavy (non-hydrogen) atoms. The van der Waals surface area contributed by atoms with Crippen LogP contribution in [0.3, 0.4) is 0 Å². The van der Waals surface area contributed by atoms with E-state index in [1.165, 1.54) is 4.90 Å². The van der Waals surface area contributed by atoms with Crippen molar-refractivity contribution in [2.45, 2.75) is 25.7 Å². The Kier molecular flexibility index (Phi) is 6.30. The zero-order chi connectivity index (χ0) is 20.1. The molecule has 0 aliphatic heterocycles. The second kappa shape index (κ2) is 8.88. The van der Waals surface area contributed by atoms with Crippen molar-refractivity contribution < 1.29 is 24.0 Å². The monoisotopic (exact) mass is 387 g/mol. The maximum atomic E-state index is 12.9. The number of fused-ring (bicyclic) bond motifs is 1. The van der Waals surface area contributed by atoms with Crippen LogP contribution in [0.15, 0.2) is 34.7 Å². The van der Waals surface area contributed by atoms with E-state index in [-0.39, 0.29) is 30.8 Å². The van der Waals surface area contributed by atoms with Crippen molar-refractivity contribution in [3.63, 3.8) is 0 Å². The van der Waals surface area contributed by atoms with Gasteiger partial charge in [0.1, 0.15) is 5.58 Å². The number of carbonyl (C=O) groups excluding carboxylic acids is 3. The molecule has 1 saturated carbocycles. The van der Waals surface area contributed by atoms with Crippen LogP contribution in [0.4, 0.5) is 0 Å². The summed E-state index contributed by atoms with van der Waals surface area (Å²) in [6.07, 6.45) is 4.16. The normalized spacial score (nSPS) is 15.4. The summed E-state index contributed by atoms with van der Waals surface area (Å²) in [5.41, 5.74) is 0.621. The summed E-state index contributed by atoms with van der Waals surface area (Å²) in [6, 6.07) is 8.97. The van der Waals surface area contributed by atoms with Crippen molar-refractivity contribution in [2.75, 3.05) is 20.3 Å². The lowest BCUT2D eigenvalue weighted by Crippen LogP contribution is -2.46. The summed E-state index contributed by atoms with van der Waals surface area (Å²) in [5.74, 6) is -0.819. The molecule has 1 aliphatic carbocycles. The Hall–Kier alpha value is -2.87. The lowest BCUT2D eigenvalue weighted by atomic mass is 9.89. The fourth-order valence-corrected chi connectivity index (χ4v) is 3.77. The average molecular weight is 387 g/mol. The van der Waals surface area contributed by atoms with Crippen molar-refractivity contribution in [3.8, 4) is 0 Å². The van der Waals surface area contributed by atoms with Crippen molar-refractivity contribution in [1.29, 1.82) is 0 Å². The quantitative estimate of drug-likeness (QED) is 0.313. The van der Waals surface area contributed by atoms with Gasteiger partial charge < -0.3 is 14.6 Å². The van der Waals surface area contributed by atoms with Gasteiger partial charge in [-0.1, -0.05) is 31.0 Å². The van der Waals surface area contributed by atoms with Crippen molar-refractivity contribution in [2.24, 2.45) is 11.8 Å². The Morgan fingerprint density at radius 3 is 2.71 bits per heavy atom. The SMILES string of the molecule is CN(CNC(=O)c1cc2ccccc2o1)C(=O)[C@@H](CN(O)C=O)C1CCCC1. The molecular weight excluding hydrogens is 362 g/mol. The van der Waals surface area contributed by atoms with Crippen LogP contribution >= 0.6 is 0 Å². The number of benzene rings is 1. The van der Waals surface area contributed by atoms with Gasteiger partial charge in [-0.05, 0) is 30.9 Å². The highest BCUT2D eigenvalue weighted by molar-refractivity contribution is 5.96.